The molecule has 0 fully saturated rings. The number of carboxylic acid groups (broad SMARTS) is 1. The Kier molecular flexibility index (Phi) is 2.68. The van der Waals surface area contributed by atoms with Crippen molar-refractivity contribution in [3.8, 4) is 0 Å². The molecule has 3 aromatic rings. The van der Waals surface area contributed by atoms with Crippen LogP contribution in [0.2, 0.25) is 0 Å². The number of nitrogens with zero attached hydrogens (tertiary/aromatic N) is 1. The van der Waals surface area contributed by atoms with Crippen molar-refractivity contribution >= 4 is 22.8 Å². The van der Waals surface area contributed by atoms with E-state index in [9.17, 15) is 4.79 Å². The smallest absolute Gasteiger partial charge is 0.371 e. The van der Waals surface area contributed by atoms with Crippen LogP contribution in [0.5, 0.6) is 0 Å². The van der Waals surface area contributed by atoms with Crippen molar-refractivity contribution in [2.24, 2.45) is 0 Å². The second kappa shape index (κ2) is 4.49. The van der Waals surface area contributed by atoms with Gasteiger partial charge in [-0.3, -0.25) is 0 Å². The lowest BCUT2D eigenvalue weighted by Crippen LogP contribution is -2.00. The Morgan fingerprint density at radius 3 is 3.00 bits per heavy atom. The van der Waals surface area contributed by atoms with Crippen LogP contribution in [0.15, 0.2) is 45.6 Å². The number of rotatable bonds is 4. The Labute approximate surface area is 107 Å². The highest BCUT2D eigenvalue weighted by Gasteiger charge is 2.09. The average molecular weight is 258 g/mol. The van der Waals surface area contributed by atoms with Gasteiger partial charge in [0.05, 0.1) is 18.2 Å². The van der Waals surface area contributed by atoms with Crippen molar-refractivity contribution in [2.45, 2.75) is 6.54 Å². The van der Waals surface area contributed by atoms with Crippen LogP contribution in [0.4, 0.5) is 5.82 Å². The molecule has 0 aliphatic carbocycles. The van der Waals surface area contributed by atoms with Gasteiger partial charge in [-0.2, -0.15) is 0 Å². The molecule has 0 spiro atoms. The molecule has 2 N–H and O–H groups in total. The van der Waals surface area contributed by atoms with Gasteiger partial charge in [0.25, 0.3) is 0 Å². The number of hydrogen-bond donors (Lipinski definition) is 2. The highest BCUT2D eigenvalue weighted by atomic mass is 16.4. The lowest BCUT2D eigenvalue weighted by Gasteiger charge is -2.03. The maximum atomic E-state index is 10.7. The van der Waals surface area contributed by atoms with E-state index in [0.29, 0.717) is 18.1 Å². The van der Waals surface area contributed by atoms with Gasteiger partial charge in [0.2, 0.25) is 5.76 Å². The number of furan rings is 2. The Hall–Kier alpha value is -2.76. The summed E-state index contributed by atoms with van der Waals surface area (Å²) in [4.78, 5) is 14.9. The van der Waals surface area contributed by atoms with Crippen LogP contribution in [-0.2, 0) is 6.54 Å². The molecule has 3 heterocycles. The van der Waals surface area contributed by atoms with E-state index in [1.165, 1.54) is 6.07 Å². The van der Waals surface area contributed by atoms with Crippen LogP contribution in [0.3, 0.4) is 0 Å². The fourth-order valence-electron chi connectivity index (χ4n) is 1.79. The van der Waals surface area contributed by atoms with E-state index in [-0.39, 0.29) is 5.76 Å². The van der Waals surface area contributed by atoms with Gasteiger partial charge in [0.15, 0.2) is 0 Å². The first kappa shape index (κ1) is 11.3. The van der Waals surface area contributed by atoms with Crippen molar-refractivity contribution in [1.29, 1.82) is 0 Å². The summed E-state index contributed by atoms with van der Waals surface area (Å²) in [6.07, 6.45) is 3.23. The van der Waals surface area contributed by atoms with Crippen LogP contribution in [0.1, 0.15) is 16.3 Å². The largest absolute Gasteiger partial charge is 0.475 e. The van der Waals surface area contributed by atoms with Gasteiger partial charge in [-0.1, -0.05) is 0 Å². The molecule has 0 saturated carbocycles. The van der Waals surface area contributed by atoms with Crippen LogP contribution in [-0.4, -0.2) is 16.1 Å². The molecule has 0 aromatic carbocycles. The average Bonchev–Trinajstić information content (AvgIpc) is 3.05. The fraction of sp³-hybridized carbons (Fsp3) is 0.0769. The molecule has 19 heavy (non-hydrogen) atoms. The molecule has 3 aromatic heterocycles. The number of pyridine rings is 1. The molecule has 6 nitrogen and oxygen atoms in total. The number of aromatic nitrogens is 1. The first-order valence-electron chi connectivity index (χ1n) is 5.62. The van der Waals surface area contributed by atoms with Crippen molar-refractivity contribution in [2.75, 3.05) is 5.32 Å². The van der Waals surface area contributed by atoms with Crippen molar-refractivity contribution in [3.05, 3.63) is 48.2 Å². The van der Waals surface area contributed by atoms with E-state index in [1.807, 2.05) is 6.07 Å². The molecule has 0 saturated heterocycles. The first-order valence-corrected chi connectivity index (χ1v) is 5.62. The second-order valence-corrected chi connectivity index (χ2v) is 3.92. The zero-order valence-electron chi connectivity index (χ0n) is 9.79. The Balaban J connectivity index is 1.78. The van der Waals surface area contributed by atoms with Gasteiger partial charge in [0.1, 0.15) is 17.2 Å². The fourth-order valence-corrected chi connectivity index (χ4v) is 1.79. The summed E-state index contributed by atoms with van der Waals surface area (Å²) in [5.74, 6) is 0.0341. The summed E-state index contributed by atoms with van der Waals surface area (Å²) in [5.41, 5.74) is 0.739. The third-order valence-corrected chi connectivity index (χ3v) is 2.68. The molecular weight excluding hydrogens is 248 g/mol. The summed E-state index contributed by atoms with van der Waals surface area (Å²) in [5, 5.41) is 12.7. The third kappa shape index (κ3) is 2.15. The molecule has 0 aliphatic heterocycles. The molecule has 0 amide bonds. The highest BCUT2D eigenvalue weighted by Crippen LogP contribution is 2.22. The van der Waals surface area contributed by atoms with Gasteiger partial charge < -0.3 is 19.3 Å². The monoisotopic (exact) mass is 258 g/mol. The number of anilines is 1. The zero-order valence-corrected chi connectivity index (χ0v) is 9.79. The minimum Gasteiger partial charge on any atom is -0.475 e. The number of carboxylic acids is 1. The number of hydrogen-bond acceptors (Lipinski definition) is 5. The van der Waals surface area contributed by atoms with Crippen LogP contribution in [0, 0.1) is 0 Å². The number of aromatic carboxylic acids is 1. The number of carbonyl (C=O) groups is 1. The van der Waals surface area contributed by atoms with E-state index < -0.39 is 5.97 Å². The predicted octanol–water partition coefficient (Wildman–Crippen LogP) is 2.73. The van der Waals surface area contributed by atoms with Crippen molar-refractivity contribution in [3.63, 3.8) is 0 Å². The van der Waals surface area contributed by atoms with Gasteiger partial charge in [0, 0.05) is 6.20 Å². The van der Waals surface area contributed by atoms with E-state index in [2.05, 4.69) is 10.3 Å². The predicted molar refractivity (Wildman–Crippen MR) is 67.0 cm³/mol. The normalized spacial score (nSPS) is 10.7. The second-order valence-electron chi connectivity index (χ2n) is 3.92. The van der Waals surface area contributed by atoms with E-state index >= 15 is 0 Å². The van der Waals surface area contributed by atoms with Gasteiger partial charge in [-0.15, -0.1) is 0 Å². The minimum absolute atomic E-state index is 0.0775. The van der Waals surface area contributed by atoms with Gasteiger partial charge in [-0.25, -0.2) is 9.78 Å². The van der Waals surface area contributed by atoms with Gasteiger partial charge >= 0.3 is 5.97 Å². The minimum atomic E-state index is -1.08. The van der Waals surface area contributed by atoms with E-state index in [0.717, 1.165) is 11.0 Å². The maximum Gasteiger partial charge on any atom is 0.371 e. The molecule has 0 unspecified atom stereocenters. The quantitative estimate of drug-likeness (QED) is 0.748. The molecule has 0 aliphatic rings. The summed E-state index contributed by atoms with van der Waals surface area (Å²) in [6.45, 7) is 0.352. The Morgan fingerprint density at radius 2 is 2.21 bits per heavy atom. The zero-order chi connectivity index (χ0) is 13.2. The highest BCUT2D eigenvalue weighted by molar-refractivity contribution is 5.87. The summed E-state index contributed by atoms with van der Waals surface area (Å²) >= 11 is 0. The van der Waals surface area contributed by atoms with Crippen LogP contribution < -0.4 is 5.32 Å². The van der Waals surface area contributed by atoms with Gasteiger partial charge in [-0.05, 0) is 24.3 Å². The van der Waals surface area contributed by atoms with Crippen LogP contribution in [0.25, 0.3) is 11.0 Å². The molecule has 0 bridgehead atoms. The molecule has 96 valence electrons. The number of nitrogens with one attached hydrogen (secondary N) is 1. The van der Waals surface area contributed by atoms with E-state index in [4.69, 9.17) is 13.9 Å². The standard InChI is InChI=1S/C13H10N2O4/c16-13(17)11-2-1-8(19-11)7-15-12-9-4-6-18-10(9)3-5-14-12/h1-6H,7H2,(H,14,15)(H,16,17). The summed E-state index contributed by atoms with van der Waals surface area (Å²) in [6, 6.07) is 6.63. The summed E-state index contributed by atoms with van der Waals surface area (Å²) in [7, 11) is 0. The van der Waals surface area contributed by atoms with Crippen LogP contribution >= 0.6 is 0 Å². The topological polar surface area (TPSA) is 88.5 Å². The number of fused-ring (bicyclic) bond motifs is 1. The Bertz CT molecular complexity index is 729. The maximum absolute atomic E-state index is 10.7. The first-order chi connectivity index (χ1) is 9.24. The molecular formula is C13H10N2O4. The van der Waals surface area contributed by atoms with Crippen molar-refractivity contribution < 1.29 is 18.7 Å². The lowest BCUT2D eigenvalue weighted by molar-refractivity contribution is 0.0660. The molecule has 6 heteroatoms. The SMILES string of the molecule is O=C(O)c1ccc(CNc2nccc3occc23)o1. The summed E-state index contributed by atoms with van der Waals surface area (Å²) < 4.78 is 10.4. The molecule has 0 atom stereocenters. The third-order valence-electron chi connectivity index (χ3n) is 2.68. The van der Waals surface area contributed by atoms with E-state index in [1.54, 1.807) is 24.6 Å². The Morgan fingerprint density at radius 1 is 1.32 bits per heavy atom. The molecule has 3 rings (SSSR count). The molecule has 0 radical (unpaired) electrons. The lowest BCUT2D eigenvalue weighted by atomic mass is 10.3. The van der Waals surface area contributed by atoms with Crippen molar-refractivity contribution in [1.82, 2.24) is 4.98 Å².